The van der Waals surface area contributed by atoms with Crippen molar-refractivity contribution in [1.29, 1.82) is 10.5 Å². The fourth-order valence-electron chi connectivity index (χ4n) is 4.19. The first-order valence-electron chi connectivity index (χ1n) is 8.77. The largest absolute Gasteiger partial charge is 0.366 e. The lowest BCUT2D eigenvalue weighted by Gasteiger charge is -2.40. The molecule has 2 fully saturated rings. The lowest BCUT2D eigenvalue weighted by molar-refractivity contribution is 0.389. The molecule has 2 aromatic rings. The standard InChI is InChI=1S/C20H18FN5/c21-17-8-14(11-22)9-18(10-17)26-7-4-15-3-6-25(13-19(15)26)20-16(12-23)2-1-5-24-20/h1-2,5,8-10,15,19H,3-4,6-7,13H2. The van der Waals surface area contributed by atoms with E-state index in [1.165, 1.54) is 12.1 Å². The minimum Gasteiger partial charge on any atom is -0.366 e. The van der Waals surface area contributed by atoms with Gasteiger partial charge in [-0.25, -0.2) is 9.37 Å². The van der Waals surface area contributed by atoms with E-state index in [1.807, 2.05) is 6.07 Å². The summed E-state index contributed by atoms with van der Waals surface area (Å²) < 4.78 is 13.9. The van der Waals surface area contributed by atoms with Crippen LogP contribution in [0.3, 0.4) is 0 Å². The molecule has 0 spiro atoms. The molecule has 2 saturated heterocycles. The van der Waals surface area contributed by atoms with Gasteiger partial charge < -0.3 is 9.80 Å². The molecule has 2 aliphatic heterocycles. The number of benzene rings is 1. The Morgan fingerprint density at radius 2 is 1.96 bits per heavy atom. The Bertz CT molecular complexity index is 913. The van der Waals surface area contributed by atoms with Gasteiger partial charge in [0.25, 0.3) is 0 Å². The van der Waals surface area contributed by atoms with E-state index in [-0.39, 0.29) is 11.9 Å². The summed E-state index contributed by atoms with van der Waals surface area (Å²) in [6.45, 7) is 2.47. The third-order valence-corrected chi connectivity index (χ3v) is 5.41. The van der Waals surface area contributed by atoms with Crippen molar-refractivity contribution in [3.63, 3.8) is 0 Å². The minimum absolute atomic E-state index is 0.227. The van der Waals surface area contributed by atoms with Gasteiger partial charge in [0.1, 0.15) is 17.7 Å². The molecule has 0 saturated carbocycles. The van der Waals surface area contributed by atoms with Crippen molar-refractivity contribution in [2.45, 2.75) is 18.9 Å². The molecule has 0 radical (unpaired) electrons. The van der Waals surface area contributed by atoms with Gasteiger partial charge in [0, 0.05) is 37.6 Å². The lowest BCUT2D eigenvalue weighted by atomic mass is 9.91. The Labute approximate surface area is 151 Å². The van der Waals surface area contributed by atoms with Gasteiger partial charge in [-0.15, -0.1) is 0 Å². The van der Waals surface area contributed by atoms with Crippen LogP contribution in [-0.2, 0) is 0 Å². The van der Waals surface area contributed by atoms with Crippen LogP contribution in [0.5, 0.6) is 0 Å². The normalized spacial score (nSPS) is 21.8. The summed E-state index contributed by atoms with van der Waals surface area (Å²) in [4.78, 5) is 8.77. The van der Waals surface area contributed by atoms with Gasteiger partial charge in [-0.2, -0.15) is 10.5 Å². The number of aromatic nitrogens is 1. The monoisotopic (exact) mass is 347 g/mol. The smallest absolute Gasteiger partial charge is 0.146 e. The van der Waals surface area contributed by atoms with E-state index in [2.05, 4.69) is 20.9 Å². The number of nitrogens with zero attached hydrogens (tertiary/aromatic N) is 5. The molecule has 6 heteroatoms. The second-order valence-electron chi connectivity index (χ2n) is 6.84. The zero-order valence-electron chi connectivity index (χ0n) is 14.3. The first kappa shape index (κ1) is 16.4. The highest BCUT2D eigenvalue weighted by Gasteiger charge is 2.39. The molecule has 1 aromatic heterocycles. The van der Waals surface area contributed by atoms with E-state index in [9.17, 15) is 9.65 Å². The summed E-state index contributed by atoms with van der Waals surface area (Å²) in [7, 11) is 0. The summed E-state index contributed by atoms with van der Waals surface area (Å²) in [6.07, 6.45) is 3.79. The van der Waals surface area contributed by atoms with Crippen LogP contribution in [0.25, 0.3) is 0 Å². The number of fused-ring (bicyclic) bond motifs is 1. The van der Waals surface area contributed by atoms with Gasteiger partial charge in [-0.3, -0.25) is 0 Å². The van der Waals surface area contributed by atoms with Crippen molar-refractivity contribution in [3.05, 3.63) is 53.5 Å². The van der Waals surface area contributed by atoms with Crippen LogP contribution in [0.4, 0.5) is 15.9 Å². The van der Waals surface area contributed by atoms with Crippen LogP contribution >= 0.6 is 0 Å². The SMILES string of the molecule is N#Cc1cc(F)cc(N2CCC3CCN(c4ncccc4C#N)CC32)c1. The maximum Gasteiger partial charge on any atom is 0.146 e. The number of hydrogen-bond donors (Lipinski definition) is 0. The molecule has 3 heterocycles. The fourth-order valence-corrected chi connectivity index (χ4v) is 4.19. The number of nitriles is 2. The van der Waals surface area contributed by atoms with E-state index in [4.69, 9.17) is 5.26 Å². The summed E-state index contributed by atoms with van der Waals surface area (Å²) in [6, 6.07) is 12.5. The first-order chi connectivity index (χ1) is 12.7. The Kier molecular flexibility index (Phi) is 4.18. The van der Waals surface area contributed by atoms with Crippen LogP contribution in [0, 0.1) is 34.4 Å². The Balaban J connectivity index is 1.63. The Hall–Kier alpha value is -3.12. The predicted molar refractivity (Wildman–Crippen MR) is 96.1 cm³/mol. The second-order valence-corrected chi connectivity index (χ2v) is 6.84. The highest BCUT2D eigenvalue weighted by atomic mass is 19.1. The Morgan fingerprint density at radius 1 is 1.12 bits per heavy atom. The molecule has 1 aromatic carbocycles. The van der Waals surface area contributed by atoms with E-state index in [1.54, 1.807) is 24.4 Å². The molecule has 2 unspecified atom stereocenters. The highest BCUT2D eigenvalue weighted by Crippen LogP contribution is 2.37. The van der Waals surface area contributed by atoms with Crippen LogP contribution in [0.2, 0.25) is 0 Å². The highest BCUT2D eigenvalue weighted by molar-refractivity contribution is 5.57. The zero-order valence-corrected chi connectivity index (χ0v) is 14.3. The fraction of sp³-hybridized carbons (Fsp3) is 0.350. The van der Waals surface area contributed by atoms with E-state index >= 15 is 0 Å². The van der Waals surface area contributed by atoms with Gasteiger partial charge in [0.15, 0.2) is 0 Å². The maximum absolute atomic E-state index is 13.9. The molecule has 5 nitrogen and oxygen atoms in total. The number of halogens is 1. The zero-order chi connectivity index (χ0) is 18.1. The molecule has 2 atom stereocenters. The Morgan fingerprint density at radius 3 is 2.77 bits per heavy atom. The summed E-state index contributed by atoms with van der Waals surface area (Å²) in [5.74, 6) is 0.873. The molecular weight excluding hydrogens is 329 g/mol. The van der Waals surface area contributed by atoms with Crippen LogP contribution in [0.15, 0.2) is 36.5 Å². The van der Waals surface area contributed by atoms with E-state index < -0.39 is 0 Å². The molecule has 0 bridgehead atoms. The number of rotatable bonds is 2. The minimum atomic E-state index is -0.383. The third-order valence-electron chi connectivity index (χ3n) is 5.41. The van der Waals surface area contributed by atoms with E-state index in [0.29, 0.717) is 17.0 Å². The molecule has 4 rings (SSSR count). The van der Waals surface area contributed by atoms with Crippen molar-refractivity contribution in [2.75, 3.05) is 29.4 Å². The molecule has 0 N–H and O–H groups in total. The van der Waals surface area contributed by atoms with Gasteiger partial charge in [-0.1, -0.05) is 0 Å². The van der Waals surface area contributed by atoms with Gasteiger partial charge in [0.05, 0.1) is 17.2 Å². The average molecular weight is 347 g/mol. The van der Waals surface area contributed by atoms with Gasteiger partial charge in [0.2, 0.25) is 0 Å². The maximum atomic E-state index is 13.9. The topological polar surface area (TPSA) is 67.0 Å². The molecule has 130 valence electrons. The number of anilines is 2. The predicted octanol–water partition coefficient (Wildman–Crippen LogP) is 3.07. The number of pyridine rings is 1. The van der Waals surface area contributed by atoms with Gasteiger partial charge >= 0.3 is 0 Å². The number of piperidine rings is 1. The first-order valence-corrected chi connectivity index (χ1v) is 8.77. The third kappa shape index (κ3) is 2.84. The molecule has 0 amide bonds. The van der Waals surface area contributed by atoms with Gasteiger partial charge in [-0.05, 0) is 49.1 Å². The van der Waals surface area contributed by atoms with E-state index in [0.717, 1.165) is 44.0 Å². The summed E-state index contributed by atoms with van der Waals surface area (Å²) in [5, 5.41) is 18.5. The van der Waals surface area contributed by atoms with Crippen molar-refractivity contribution < 1.29 is 4.39 Å². The average Bonchev–Trinajstić information content (AvgIpc) is 3.10. The molecule has 26 heavy (non-hydrogen) atoms. The van der Waals surface area contributed by atoms with Crippen molar-refractivity contribution >= 4 is 11.5 Å². The van der Waals surface area contributed by atoms with Crippen LogP contribution < -0.4 is 9.80 Å². The summed E-state index contributed by atoms with van der Waals surface area (Å²) in [5.41, 5.74) is 1.68. The number of hydrogen-bond acceptors (Lipinski definition) is 5. The second kappa shape index (κ2) is 6.65. The molecular formula is C20H18FN5. The van der Waals surface area contributed by atoms with Crippen LogP contribution in [-0.4, -0.2) is 30.7 Å². The quantitative estimate of drug-likeness (QED) is 0.835. The molecule has 2 aliphatic rings. The lowest BCUT2D eigenvalue weighted by Crippen LogP contribution is -2.48. The van der Waals surface area contributed by atoms with Crippen molar-refractivity contribution in [3.8, 4) is 12.1 Å². The summed E-state index contributed by atoms with van der Waals surface area (Å²) >= 11 is 0. The van der Waals surface area contributed by atoms with Crippen LogP contribution in [0.1, 0.15) is 24.0 Å². The van der Waals surface area contributed by atoms with Crippen molar-refractivity contribution in [2.24, 2.45) is 5.92 Å². The van der Waals surface area contributed by atoms with Crippen molar-refractivity contribution in [1.82, 2.24) is 4.98 Å². The molecule has 0 aliphatic carbocycles.